The Kier molecular flexibility index (Phi) is 3.74. The van der Waals surface area contributed by atoms with Gasteiger partial charge in [0.2, 0.25) is 0 Å². The minimum absolute atomic E-state index is 0.223. The van der Waals surface area contributed by atoms with Gasteiger partial charge in [0.05, 0.1) is 12.7 Å². The van der Waals surface area contributed by atoms with Crippen LogP contribution in [-0.2, 0) is 9.47 Å². The second kappa shape index (κ2) is 5.35. The van der Waals surface area contributed by atoms with E-state index in [4.69, 9.17) is 15.2 Å². The number of benzene rings is 1. The first-order valence-electron chi connectivity index (χ1n) is 6.98. The molecule has 0 aromatic heterocycles. The highest BCUT2D eigenvalue weighted by Gasteiger charge is 2.43. The van der Waals surface area contributed by atoms with E-state index in [9.17, 15) is 0 Å². The zero-order chi connectivity index (χ0) is 13.3. The van der Waals surface area contributed by atoms with E-state index < -0.39 is 0 Å². The maximum Gasteiger partial charge on any atom is 0.168 e. The van der Waals surface area contributed by atoms with Gasteiger partial charge in [-0.2, -0.15) is 0 Å². The third-order valence-electron chi connectivity index (χ3n) is 3.96. The summed E-state index contributed by atoms with van der Waals surface area (Å²) in [5.41, 5.74) is 7.83. The molecule has 104 valence electrons. The Morgan fingerprint density at radius 1 is 1.37 bits per heavy atom. The topological polar surface area (TPSA) is 44.5 Å². The van der Waals surface area contributed by atoms with Gasteiger partial charge in [0.1, 0.15) is 0 Å². The van der Waals surface area contributed by atoms with Crippen LogP contribution in [0.25, 0.3) is 0 Å². The molecule has 1 aromatic carbocycles. The van der Waals surface area contributed by atoms with E-state index in [1.165, 1.54) is 17.7 Å². The number of hydrogen-bond acceptors (Lipinski definition) is 4. The van der Waals surface area contributed by atoms with Gasteiger partial charge >= 0.3 is 0 Å². The van der Waals surface area contributed by atoms with Crippen molar-refractivity contribution in [2.45, 2.75) is 49.4 Å². The average molecular weight is 279 g/mol. The minimum Gasteiger partial charge on any atom is -0.399 e. The van der Waals surface area contributed by atoms with Crippen molar-refractivity contribution in [1.29, 1.82) is 0 Å². The second-order valence-corrected chi connectivity index (χ2v) is 6.59. The number of rotatable bonds is 3. The molecule has 3 rings (SSSR count). The smallest absolute Gasteiger partial charge is 0.168 e. The van der Waals surface area contributed by atoms with Gasteiger partial charge in [-0.3, -0.25) is 0 Å². The van der Waals surface area contributed by atoms with Crippen LogP contribution in [0.5, 0.6) is 0 Å². The molecule has 0 bridgehead atoms. The summed E-state index contributed by atoms with van der Waals surface area (Å²) in [7, 11) is 0. The highest BCUT2D eigenvalue weighted by Crippen LogP contribution is 2.40. The molecular weight excluding hydrogens is 258 g/mol. The third kappa shape index (κ3) is 2.91. The molecule has 4 heteroatoms. The Balaban J connectivity index is 1.54. The molecule has 3 nitrogen and oxygen atoms in total. The fourth-order valence-corrected chi connectivity index (χ4v) is 3.77. The van der Waals surface area contributed by atoms with Crippen molar-refractivity contribution < 1.29 is 9.47 Å². The molecule has 1 aliphatic heterocycles. The van der Waals surface area contributed by atoms with Crippen LogP contribution in [0.2, 0.25) is 0 Å². The van der Waals surface area contributed by atoms with Crippen LogP contribution in [0.15, 0.2) is 23.1 Å². The lowest BCUT2D eigenvalue weighted by Gasteiger charge is -2.21. The molecule has 1 aromatic rings. The molecule has 1 spiro atoms. The zero-order valence-electron chi connectivity index (χ0n) is 11.4. The molecule has 0 radical (unpaired) electrons. The van der Waals surface area contributed by atoms with Crippen LogP contribution < -0.4 is 5.73 Å². The summed E-state index contributed by atoms with van der Waals surface area (Å²) >= 11 is 1.82. The molecule has 1 aliphatic carbocycles. The fourth-order valence-electron chi connectivity index (χ4n) is 2.80. The minimum atomic E-state index is -0.234. The SMILES string of the molecule is Cc1cc(SCC2COC3(CCCC3)O2)ccc1N. The molecule has 1 heterocycles. The Morgan fingerprint density at radius 2 is 2.16 bits per heavy atom. The highest BCUT2D eigenvalue weighted by molar-refractivity contribution is 7.99. The van der Waals surface area contributed by atoms with Crippen molar-refractivity contribution in [3.8, 4) is 0 Å². The Morgan fingerprint density at radius 3 is 2.89 bits per heavy atom. The predicted molar refractivity (Wildman–Crippen MR) is 78.3 cm³/mol. The van der Waals surface area contributed by atoms with Crippen LogP contribution >= 0.6 is 11.8 Å². The first-order valence-corrected chi connectivity index (χ1v) is 7.96. The van der Waals surface area contributed by atoms with Crippen molar-refractivity contribution >= 4 is 17.4 Å². The molecule has 19 heavy (non-hydrogen) atoms. The molecule has 2 N–H and O–H groups in total. The molecule has 2 aliphatic rings. The normalized spacial score (nSPS) is 25.2. The van der Waals surface area contributed by atoms with Crippen molar-refractivity contribution in [1.82, 2.24) is 0 Å². The van der Waals surface area contributed by atoms with Crippen LogP contribution in [0.3, 0.4) is 0 Å². The molecule has 0 amide bonds. The number of nitrogens with two attached hydrogens (primary N) is 1. The van der Waals surface area contributed by atoms with Gasteiger partial charge in [-0.1, -0.05) is 0 Å². The van der Waals surface area contributed by atoms with E-state index >= 15 is 0 Å². The lowest BCUT2D eigenvalue weighted by Crippen LogP contribution is -2.27. The monoisotopic (exact) mass is 279 g/mol. The highest BCUT2D eigenvalue weighted by atomic mass is 32.2. The predicted octanol–water partition coefficient (Wildman–Crippen LogP) is 3.36. The van der Waals surface area contributed by atoms with Crippen LogP contribution in [0.1, 0.15) is 31.2 Å². The largest absolute Gasteiger partial charge is 0.399 e. The lowest BCUT2D eigenvalue weighted by atomic mass is 10.2. The standard InChI is InChI=1S/C15H21NO2S/c1-11-8-13(4-5-14(11)16)19-10-12-9-17-15(18-12)6-2-3-7-15/h4-5,8,12H,2-3,6-7,9-10,16H2,1H3. The third-order valence-corrected chi connectivity index (χ3v) is 5.08. The van der Waals surface area contributed by atoms with E-state index in [1.807, 2.05) is 24.8 Å². The van der Waals surface area contributed by atoms with Crippen LogP contribution in [0, 0.1) is 6.92 Å². The molecule has 1 saturated carbocycles. The van der Waals surface area contributed by atoms with Gasteiger partial charge < -0.3 is 15.2 Å². The Labute approximate surface area is 118 Å². The summed E-state index contributed by atoms with van der Waals surface area (Å²) in [6, 6.07) is 6.19. The summed E-state index contributed by atoms with van der Waals surface area (Å²) in [6.07, 6.45) is 4.82. The van der Waals surface area contributed by atoms with E-state index in [1.54, 1.807) is 0 Å². The maximum atomic E-state index is 6.12. The molecule has 1 atom stereocenters. The van der Waals surface area contributed by atoms with Crippen molar-refractivity contribution in [2.75, 3.05) is 18.1 Å². The van der Waals surface area contributed by atoms with Gasteiger partial charge in [0.25, 0.3) is 0 Å². The summed E-state index contributed by atoms with van der Waals surface area (Å²) in [4.78, 5) is 1.25. The Bertz CT molecular complexity index is 457. The Hall–Kier alpha value is -0.710. The summed E-state index contributed by atoms with van der Waals surface area (Å²) < 4.78 is 12.0. The number of ether oxygens (including phenoxy) is 2. The molecule has 2 fully saturated rings. The van der Waals surface area contributed by atoms with Gasteiger partial charge in [-0.05, 0) is 43.5 Å². The van der Waals surface area contributed by atoms with Gasteiger partial charge in [-0.15, -0.1) is 11.8 Å². The number of hydrogen-bond donors (Lipinski definition) is 1. The fraction of sp³-hybridized carbons (Fsp3) is 0.600. The first kappa shape index (κ1) is 13.3. The van der Waals surface area contributed by atoms with Crippen LogP contribution in [-0.4, -0.2) is 24.3 Å². The second-order valence-electron chi connectivity index (χ2n) is 5.50. The van der Waals surface area contributed by atoms with Gasteiger partial charge in [0, 0.05) is 29.2 Å². The number of thioether (sulfide) groups is 1. The molecular formula is C15H21NO2S. The maximum absolute atomic E-state index is 6.12. The van der Waals surface area contributed by atoms with Crippen LogP contribution in [0.4, 0.5) is 5.69 Å². The number of anilines is 1. The van der Waals surface area contributed by atoms with Gasteiger partial charge in [-0.25, -0.2) is 0 Å². The van der Waals surface area contributed by atoms with Crippen molar-refractivity contribution in [3.63, 3.8) is 0 Å². The van der Waals surface area contributed by atoms with E-state index in [-0.39, 0.29) is 11.9 Å². The summed E-state index contributed by atoms with van der Waals surface area (Å²) in [5, 5.41) is 0. The molecule has 1 saturated heterocycles. The quantitative estimate of drug-likeness (QED) is 0.680. The number of nitrogen functional groups attached to an aromatic ring is 1. The van der Waals surface area contributed by atoms with Crippen molar-refractivity contribution in [2.24, 2.45) is 0 Å². The lowest BCUT2D eigenvalue weighted by molar-refractivity contribution is -0.159. The summed E-state index contributed by atoms with van der Waals surface area (Å²) in [6.45, 7) is 2.78. The first-order chi connectivity index (χ1) is 9.17. The summed E-state index contributed by atoms with van der Waals surface area (Å²) in [5.74, 6) is 0.716. The van der Waals surface area contributed by atoms with E-state index in [2.05, 4.69) is 12.1 Å². The average Bonchev–Trinajstić information content (AvgIpc) is 3.02. The van der Waals surface area contributed by atoms with E-state index in [0.717, 1.165) is 36.5 Å². The molecule has 1 unspecified atom stereocenters. The van der Waals surface area contributed by atoms with E-state index in [0.29, 0.717) is 0 Å². The van der Waals surface area contributed by atoms with Gasteiger partial charge in [0.15, 0.2) is 5.79 Å². The van der Waals surface area contributed by atoms with Crippen molar-refractivity contribution in [3.05, 3.63) is 23.8 Å². The number of aryl methyl sites for hydroxylation is 1. The zero-order valence-corrected chi connectivity index (χ0v) is 12.2.